The van der Waals surface area contributed by atoms with Crippen molar-refractivity contribution in [2.45, 2.75) is 19.0 Å². The molecule has 1 fully saturated rings. The van der Waals surface area contributed by atoms with Gasteiger partial charge in [0, 0.05) is 26.2 Å². The van der Waals surface area contributed by atoms with E-state index >= 15 is 0 Å². The van der Waals surface area contributed by atoms with Crippen molar-refractivity contribution < 1.29 is 9.90 Å². The molecular weight excluding hydrogens is 312 g/mol. The summed E-state index contributed by atoms with van der Waals surface area (Å²) in [5.74, 6) is 0. The van der Waals surface area contributed by atoms with E-state index in [0.717, 1.165) is 31.6 Å². The molecule has 0 aliphatic carbocycles. The van der Waals surface area contributed by atoms with Gasteiger partial charge >= 0.3 is 6.09 Å². The van der Waals surface area contributed by atoms with Gasteiger partial charge in [0.15, 0.2) is 0 Å². The Morgan fingerprint density at radius 3 is 2.40 bits per heavy atom. The first-order chi connectivity index (χ1) is 12.2. The van der Waals surface area contributed by atoms with Crippen LogP contribution in [-0.4, -0.2) is 46.7 Å². The largest absolute Gasteiger partial charge is 0.465 e. The maximum atomic E-state index is 11.5. The molecule has 1 aliphatic rings. The van der Waals surface area contributed by atoms with Crippen molar-refractivity contribution in [1.82, 2.24) is 9.80 Å². The van der Waals surface area contributed by atoms with E-state index < -0.39 is 6.09 Å². The fourth-order valence-corrected chi connectivity index (χ4v) is 3.28. The molecule has 3 rings (SSSR count). The molecule has 1 N–H and O–H groups in total. The number of nitrogens with zero attached hydrogens (tertiary/aromatic N) is 2. The minimum absolute atomic E-state index is 0.00470. The van der Waals surface area contributed by atoms with Gasteiger partial charge in [-0.3, -0.25) is 4.90 Å². The highest BCUT2D eigenvalue weighted by molar-refractivity contribution is 5.65. The van der Waals surface area contributed by atoms with Crippen LogP contribution in [0.25, 0.3) is 6.08 Å². The number of amides is 1. The molecular formula is C21H24N2O2. The topological polar surface area (TPSA) is 43.8 Å². The fourth-order valence-electron chi connectivity index (χ4n) is 3.28. The van der Waals surface area contributed by atoms with Gasteiger partial charge in [-0.05, 0) is 17.5 Å². The van der Waals surface area contributed by atoms with E-state index in [1.807, 2.05) is 48.5 Å². The SMILES string of the molecule is O=C(O)N1CCN(Cc2ccccc2)C[C@H]1CC=Cc1ccccc1. The second-order valence-electron chi connectivity index (χ2n) is 6.40. The molecule has 1 atom stereocenters. The number of rotatable bonds is 5. The number of carbonyl (C=O) groups is 1. The Morgan fingerprint density at radius 1 is 1.04 bits per heavy atom. The van der Waals surface area contributed by atoms with E-state index in [9.17, 15) is 9.90 Å². The van der Waals surface area contributed by atoms with E-state index in [4.69, 9.17) is 0 Å². The van der Waals surface area contributed by atoms with Gasteiger partial charge < -0.3 is 10.0 Å². The Kier molecular flexibility index (Phi) is 5.86. The molecule has 1 saturated heterocycles. The third kappa shape index (κ3) is 4.94. The van der Waals surface area contributed by atoms with Crippen LogP contribution < -0.4 is 0 Å². The standard InChI is InChI=1S/C21H24N2O2/c24-21(25)23-15-14-22(16-19-10-5-2-6-11-19)17-20(23)13-7-12-18-8-3-1-4-9-18/h1-12,20H,13-17H2,(H,24,25)/t20-/m1/s1. The molecule has 0 unspecified atom stereocenters. The summed E-state index contributed by atoms with van der Waals surface area (Å²) in [6.45, 7) is 2.97. The Hall–Kier alpha value is -2.59. The molecule has 25 heavy (non-hydrogen) atoms. The summed E-state index contributed by atoms with van der Waals surface area (Å²) in [6.07, 6.45) is 4.06. The van der Waals surface area contributed by atoms with Gasteiger partial charge in [-0.15, -0.1) is 0 Å². The highest BCUT2D eigenvalue weighted by atomic mass is 16.4. The molecule has 0 radical (unpaired) electrons. The average Bonchev–Trinajstić information content (AvgIpc) is 2.63. The normalized spacial score (nSPS) is 18.6. The van der Waals surface area contributed by atoms with E-state index in [2.05, 4.69) is 29.2 Å². The van der Waals surface area contributed by atoms with Crippen LogP contribution in [-0.2, 0) is 6.54 Å². The quantitative estimate of drug-likeness (QED) is 0.899. The average molecular weight is 336 g/mol. The van der Waals surface area contributed by atoms with E-state index in [0.29, 0.717) is 6.54 Å². The Morgan fingerprint density at radius 2 is 1.72 bits per heavy atom. The lowest BCUT2D eigenvalue weighted by Gasteiger charge is -2.39. The van der Waals surface area contributed by atoms with Crippen LogP contribution in [0.5, 0.6) is 0 Å². The first-order valence-corrected chi connectivity index (χ1v) is 8.70. The summed E-state index contributed by atoms with van der Waals surface area (Å²) in [7, 11) is 0. The Balaban J connectivity index is 1.62. The second-order valence-corrected chi connectivity index (χ2v) is 6.40. The maximum Gasteiger partial charge on any atom is 0.407 e. The number of hydrogen-bond acceptors (Lipinski definition) is 2. The zero-order valence-corrected chi connectivity index (χ0v) is 14.3. The molecule has 1 aliphatic heterocycles. The van der Waals surface area contributed by atoms with Gasteiger partial charge in [-0.25, -0.2) is 4.79 Å². The first kappa shape index (κ1) is 17.2. The summed E-state index contributed by atoms with van der Waals surface area (Å²) < 4.78 is 0. The van der Waals surface area contributed by atoms with Crippen molar-refractivity contribution in [2.75, 3.05) is 19.6 Å². The molecule has 0 saturated carbocycles. The molecule has 1 heterocycles. The summed E-state index contributed by atoms with van der Waals surface area (Å²) in [6, 6.07) is 20.4. The van der Waals surface area contributed by atoms with Crippen molar-refractivity contribution in [1.29, 1.82) is 0 Å². The van der Waals surface area contributed by atoms with Gasteiger partial charge in [0.25, 0.3) is 0 Å². The molecule has 4 nitrogen and oxygen atoms in total. The van der Waals surface area contributed by atoms with Crippen LogP contribution in [0.3, 0.4) is 0 Å². The highest BCUT2D eigenvalue weighted by Gasteiger charge is 2.29. The molecule has 2 aromatic carbocycles. The molecule has 4 heteroatoms. The van der Waals surface area contributed by atoms with E-state index in [1.165, 1.54) is 5.56 Å². The predicted molar refractivity (Wildman–Crippen MR) is 100 cm³/mol. The molecule has 0 bridgehead atoms. The monoisotopic (exact) mass is 336 g/mol. The minimum Gasteiger partial charge on any atom is -0.465 e. The van der Waals surface area contributed by atoms with Gasteiger partial charge in [-0.1, -0.05) is 72.8 Å². The number of carboxylic acid groups (broad SMARTS) is 1. The van der Waals surface area contributed by atoms with Crippen LogP contribution in [0.4, 0.5) is 4.79 Å². The van der Waals surface area contributed by atoms with Crippen molar-refractivity contribution >= 4 is 12.2 Å². The fraction of sp³-hybridized carbons (Fsp3) is 0.286. The van der Waals surface area contributed by atoms with Crippen LogP contribution in [0.15, 0.2) is 66.7 Å². The van der Waals surface area contributed by atoms with Crippen LogP contribution >= 0.6 is 0 Å². The van der Waals surface area contributed by atoms with Crippen molar-refractivity contribution in [2.24, 2.45) is 0 Å². The first-order valence-electron chi connectivity index (χ1n) is 8.70. The predicted octanol–water partition coefficient (Wildman–Crippen LogP) is 3.95. The lowest BCUT2D eigenvalue weighted by atomic mass is 10.1. The second kappa shape index (κ2) is 8.49. The number of benzene rings is 2. The molecule has 0 spiro atoms. The van der Waals surface area contributed by atoms with Gasteiger partial charge in [-0.2, -0.15) is 0 Å². The zero-order valence-electron chi connectivity index (χ0n) is 14.3. The van der Waals surface area contributed by atoms with Gasteiger partial charge in [0.1, 0.15) is 0 Å². The molecule has 0 aromatic heterocycles. The van der Waals surface area contributed by atoms with Crippen molar-refractivity contribution in [3.05, 3.63) is 77.9 Å². The smallest absolute Gasteiger partial charge is 0.407 e. The summed E-state index contributed by atoms with van der Waals surface area (Å²) in [5, 5.41) is 9.48. The maximum absolute atomic E-state index is 11.5. The van der Waals surface area contributed by atoms with E-state index in [1.54, 1.807) is 4.90 Å². The number of hydrogen-bond donors (Lipinski definition) is 1. The van der Waals surface area contributed by atoms with E-state index in [-0.39, 0.29) is 6.04 Å². The third-order valence-electron chi connectivity index (χ3n) is 4.58. The molecule has 130 valence electrons. The third-order valence-corrected chi connectivity index (χ3v) is 4.58. The Bertz CT molecular complexity index is 700. The lowest BCUT2D eigenvalue weighted by Crippen LogP contribution is -2.54. The molecule has 2 aromatic rings. The number of piperazine rings is 1. The summed E-state index contributed by atoms with van der Waals surface area (Å²) in [5.41, 5.74) is 2.41. The van der Waals surface area contributed by atoms with Gasteiger partial charge in [0.2, 0.25) is 0 Å². The van der Waals surface area contributed by atoms with Gasteiger partial charge in [0.05, 0.1) is 6.04 Å². The summed E-state index contributed by atoms with van der Waals surface area (Å²) >= 11 is 0. The van der Waals surface area contributed by atoms with Crippen LogP contribution in [0.2, 0.25) is 0 Å². The molecule has 1 amide bonds. The van der Waals surface area contributed by atoms with Crippen LogP contribution in [0, 0.1) is 0 Å². The Labute approximate surface area is 149 Å². The minimum atomic E-state index is -0.822. The van der Waals surface area contributed by atoms with Crippen molar-refractivity contribution in [3.63, 3.8) is 0 Å². The van der Waals surface area contributed by atoms with Crippen LogP contribution in [0.1, 0.15) is 17.5 Å². The lowest BCUT2D eigenvalue weighted by molar-refractivity contribution is 0.0655. The van der Waals surface area contributed by atoms with Crippen molar-refractivity contribution in [3.8, 4) is 0 Å². The highest BCUT2D eigenvalue weighted by Crippen LogP contribution is 2.17. The summed E-state index contributed by atoms with van der Waals surface area (Å²) in [4.78, 5) is 15.5. The zero-order chi connectivity index (χ0) is 17.5.